The van der Waals surface area contributed by atoms with Crippen LogP contribution in [0.3, 0.4) is 0 Å². The zero-order valence-electron chi connectivity index (χ0n) is 15.4. The Hall–Kier alpha value is -2.32. The fraction of sp³-hybridized carbons (Fsp3) is 0.450. The van der Waals surface area contributed by atoms with Gasteiger partial charge in [-0.3, -0.25) is 15.0 Å². The average Bonchev–Trinajstić information content (AvgIpc) is 3.56. The summed E-state index contributed by atoms with van der Waals surface area (Å²) in [4.78, 5) is 22.0. The molecule has 142 valence electrons. The molecule has 1 aliphatic heterocycles. The molecule has 1 atom stereocenters. The van der Waals surface area contributed by atoms with E-state index in [2.05, 4.69) is 27.4 Å². The van der Waals surface area contributed by atoms with Crippen LogP contribution in [-0.2, 0) is 21.6 Å². The number of aromatic nitrogens is 2. The summed E-state index contributed by atoms with van der Waals surface area (Å²) in [5.74, 6) is -0.694. The third-order valence-electron chi connectivity index (χ3n) is 6.30. The van der Waals surface area contributed by atoms with E-state index < -0.39 is 5.82 Å². The number of carbonyl (C=O) groups is 1. The Labute approximate surface area is 163 Å². The molecule has 2 aliphatic carbocycles. The number of rotatable bonds is 3. The van der Waals surface area contributed by atoms with Gasteiger partial charge in [0.1, 0.15) is 7.85 Å². The zero-order chi connectivity index (χ0) is 19.4. The van der Waals surface area contributed by atoms with Crippen molar-refractivity contribution >= 4 is 25.2 Å². The lowest BCUT2D eigenvalue weighted by Gasteiger charge is -2.32. The minimum Gasteiger partial charge on any atom is -0.361 e. The molecule has 1 amide bonds. The summed E-state index contributed by atoms with van der Waals surface area (Å²) in [7, 11) is 6.08. The molecule has 28 heavy (non-hydrogen) atoms. The van der Waals surface area contributed by atoms with Crippen molar-refractivity contribution in [2.45, 2.75) is 31.3 Å². The van der Waals surface area contributed by atoms with Crippen LogP contribution in [0, 0.1) is 11.2 Å². The van der Waals surface area contributed by atoms with E-state index >= 15 is 0 Å². The minimum absolute atomic E-state index is 0.0498. The zero-order valence-corrected chi connectivity index (χ0v) is 15.4. The van der Waals surface area contributed by atoms with Gasteiger partial charge in [-0.15, -0.1) is 0 Å². The second-order valence-electron chi connectivity index (χ2n) is 8.19. The molecule has 2 fully saturated rings. The Morgan fingerprint density at radius 1 is 1.32 bits per heavy atom. The highest BCUT2D eigenvalue weighted by Gasteiger charge is 2.74. The lowest BCUT2D eigenvalue weighted by atomic mass is 9.82. The molecular weight excluding hydrogens is 358 g/mol. The lowest BCUT2D eigenvalue weighted by Crippen LogP contribution is -2.42. The first-order chi connectivity index (χ1) is 13.5. The maximum absolute atomic E-state index is 12.9. The van der Waals surface area contributed by atoms with Gasteiger partial charge in [-0.1, -0.05) is 23.7 Å². The van der Waals surface area contributed by atoms with E-state index in [0.29, 0.717) is 18.8 Å². The van der Waals surface area contributed by atoms with Gasteiger partial charge >= 0.3 is 0 Å². The van der Waals surface area contributed by atoms with Crippen LogP contribution in [0.25, 0.3) is 0 Å². The third kappa shape index (κ3) is 3.01. The predicted octanol–water partition coefficient (Wildman–Crippen LogP) is 1.26. The summed E-state index contributed by atoms with van der Waals surface area (Å²) in [6, 6.07) is 6.07. The van der Waals surface area contributed by atoms with E-state index in [1.807, 2.05) is 11.0 Å². The van der Waals surface area contributed by atoms with Crippen molar-refractivity contribution in [2.24, 2.45) is 5.41 Å². The fourth-order valence-electron chi connectivity index (χ4n) is 4.75. The van der Waals surface area contributed by atoms with Crippen molar-refractivity contribution in [3.05, 3.63) is 47.5 Å². The van der Waals surface area contributed by atoms with Gasteiger partial charge < -0.3 is 4.74 Å². The normalized spacial score (nSPS) is 25.0. The second-order valence-corrected chi connectivity index (χ2v) is 8.19. The third-order valence-corrected chi connectivity index (χ3v) is 6.30. The molecule has 2 saturated carbocycles. The highest BCUT2D eigenvalue weighted by atomic mass is 19.1. The van der Waals surface area contributed by atoms with Gasteiger partial charge in [0.25, 0.3) is 0 Å². The number of carbonyl (C=O) groups excluding carboxylic acids is 1. The van der Waals surface area contributed by atoms with E-state index in [9.17, 15) is 9.18 Å². The smallest absolute Gasteiger partial charge is 0.240 e. The summed E-state index contributed by atoms with van der Waals surface area (Å²) >= 11 is 0. The van der Waals surface area contributed by atoms with Gasteiger partial charge in [0.15, 0.2) is 5.82 Å². The quantitative estimate of drug-likeness (QED) is 0.815. The van der Waals surface area contributed by atoms with Crippen LogP contribution in [-0.4, -0.2) is 48.4 Å². The number of fused-ring (bicyclic) bond motifs is 3. The van der Waals surface area contributed by atoms with Gasteiger partial charge in [-0.25, -0.2) is 14.4 Å². The van der Waals surface area contributed by atoms with Crippen LogP contribution in [0.1, 0.15) is 30.4 Å². The molecule has 2 radical (unpaired) electrons. The molecule has 6 nitrogen and oxygen atoms in total. The highest BCUT2D eigenvalue weighted by molar-refractivity contribution is 6.32. The van der Waals surface area contributed by atoms with Crippen LogP contribution in [0.15, 0.2) is 30.6 Å². The fourth-order valence-corrected chi connectivity index (χ4v) is 4.75. The number of amides is 1. The Morgan fingerprint density at radius 3 is 2.82 bits per heavy atom. The largest absolute Gasteiger partial charge is 0.361 e. The Morgan fingerprint density at radius 2 is 2.11 bits per heavy atom. The van der Waals surface area contributed by atoms with Crippen LogP contribution in [0.2, 0.25) is 0 Å². The first-order valence-corrected chi connectivity index (χ1v) is 9.46. The number of nitrogens with zero attached hydrogens (tertiary/aromatic N) is 3. The molecular formula is C20H20BFN4O2. The first-order valence-electron chi connectivity index (χ1n) is 9.46. The van der Waals surface area contributed by atoms with Gasteiger partial charge in [0, 0.05) is 12.0 Å². The van der Waals surface area contributed by atoms with Crippen LogP contribution < -0.4 is 10.8 Å². The molecule has 1 N–H and O–H groups in total. The van der Waals surface area contributed by atoms with E-state index in [-0.39, 0.29) is 23.8 Å². The summed E-state index contributed by atoms with van der Waals surface area (Å²) in [5.41, 5.74) is 3.65. The SMILES string of the molecule is [B]c1ccc2c(c1)C1(CN(CC(=O)Nc3ncc(F)cn3)COC2)CC12CC2. The molecule has 8 heteroatoms. The molecule has 0 saturated heterocycles. The summed E-state index contributed by atoms with van der Waals surface area (Å²) in [6.07, 6.45) is 5.64. The number of ether oxygens (including phenoxy) is 1. The molecule has 5 rings (SSSR count). The van der Waals surface area contributed by atoms with Gasteiger partial charge in [-0.05, 0) is 35.8 Å². The lowest BCUT2D eigenvalue weighted by molar-refractivity contribution is -0.119. The Balaban J connectivity index is 1.35. The predicted molar refractivity (Wildman–Crippen MR) is 102 cm³/mol. The Kier molecular flexibility index (Phi) is 4.03. The van der Waals surface area contributed by atoms with Gasteiger partial charge in [-0.2, -0.15) is 0 Å². The van der Waals surface area contributed by atoms with Crippen molar-refractivity contribution < 1.29 is 13.9 Å². The maximum atomic E-state index is 12.9. The van der Waals surface area contributed by atoms with E-state index in [1.54, 1.807) is 0 Å². The maximum Gasteiger partial charge on any atom is 0.240 e. The minimum atomic E-state index is -0.543. The molecule has 2 spiro atoms. The van der Waals surface area contributed by atoms with E-state index in [1.165, 1.54) is 24.0 Å². The highest BCUT2D eigenvalue weighted by Crippen LogP contribution is 2.79. The number of hydrogen-bond donors (Lipinski definition) is 1. The van der Waals surface area contributed by atoms with Crippen molar-refractivity contribution in [3.63, 3.8) is 0 Å². The molecule has 1 aromatic heterocycles. The number of nitrogens with one attached hydrogen (secondary N) is 1. The molecule has 2 aromatic rings. The summed E-state index contributed by atoms with van der Waals surface area (Å²) in [5, 5.41) is 2.62. The number of anilines is 1. The number of hydrogen-bond acceptors (Lipinski definition) is 5. The Bertz CT molecular complexity index is 934. The molecule has 2 heterocycles. The molecule has 3 aliphatic rings. The van der Waals surface area contributed by atoms with Crippen molar-refractivity contribution in [2.75, 3.05) is 25.1 Å². The monoisotopic (exact) mass is 378 g/mol. The van der Waals surface area contributed by atoms with Crippen molar-refractivity contribution in [3.8, 4) is 0 Å². The van der Waals surface area contributed by atoms with E-state index in [0.717, 1.165) is 30.8 Å². The topological polar surface area (TPSA) is 67.4 Å². The van der Waals surface area contributed by atoms with Crippen molar-refractivity contribution in [1.29, 1.82) is 0 Å². The van der Waals surface area contributed by atoms with Crippen molar-refractivity contribution in [1.82, 2.24) is 14.9 Å². The van der Waals surface area contributed by atoms with Crippen LogP contribution in [0.4, 0.5) is 10.3 Å². The van der Waals surface area contributed by atoms with Gasteiger partial charge in [0.05, 0.1) is 32.3 Å². The van der Waals surface area contributed by atoms with Crippen LogP contribution in [0.5, 0.6) is 0 Å². The van der Waals surface area contributed by atoms with Crippen LogP contribution >= 0.6 is 0 Å². The standard InChI is InChI=1S/C20H20BFN4O2/c21-14-2-1-13-9-28-12-26(8-17(27)25-18-23-6-15(22)7-24-18)11-20(16(13)5-14)10-19(20)3-4-19/h1-2,5-7H,3-4,8-12H2,(H,23,24,25,27). The molecule has 1 unspecified atom stereocenters. The number of benzene rings is 1. The van der Waals surface area contributed by atoms with E-state index in [4.69, 9.17) is 12.6 Å². The first kappa shape index (κ1) is 17.8. The second kappa shape index (κ2) is 6.35. The summed E-state index contributed by atoms with van der Waals surface area (Å²) < 4.78 is 18.8. The average molecular weight is 378 g/mol. The molecule has 0 bridgehead atoms. The molecule has 1 aromatic carbocycles. The number of halogens is 1. The van der Waals surface area contributed by atoms with Gasteiger partial charge in [0.2, 0.25) is 11.9 Å². The summed E-state index contributed by atoms with van der Waals surface area (Å²) in [6.45, 7) is 1.79.